The van der Waals surface area contributed by atoms with Crippen LogP contribution in [0.2, 0.25) is 0 Å². The van der Waals surface area contributed by atoms with E-state index in [0.29, 0.717) is 28.2 Å². The fourth-order valence-corrected chi connectivity index (χ4v) is 2.92. The minimum absolute atomic E-state index is 0.232. The van der Waals surface area contributed by atoms with Crippen molar-refractivity contribution in [3.05, 3.63) is 74.8 Å². The molecule has 0 amide bonds. The second-order valence-electron chi connectivity index (χ2n) is 5.61. The monoisotopic (exact) mass is 321 g/mol. The van der Waals surface area contributed by atoms with Crippen molar-refractivity contribution in [1.29, 1.82) is 0 Å². The highest BCUT2D eigenvalue weighted by Crippen LogP contribution is 2.33. The molecule has 0 bridgehead atoms. The molecule has 1 aromatic carbocycles. The Morgan fingerprint density at radius 1 is 0.792 bits per heavy atom. The predicted octanol–water partition coefficient (Wildman–Crippen LogP) is 4.06. The summed E-state index contributed by atoms with van der Waals surface area (Å²) in [5.74, 6) is 0.878. The first-order valence-electron chi connectivity index (χ1n) is 7.45. The quantitative estimate of drug-likeness (QED) is 0.390. The lowest BCUT2D eigenvalue weighted by molar-refractivity contribution is 0.479. The number of rotatable bonds is 1. The van der Waals surface area contributed by atoms with Gasteiger partial charge in [-0.3, -0.25) is 0 Å². The lowest BCUT2D eigenvalue weighted by Gasteiger charge is -2.04. The molecule has 0 saturated heterocycles. The number of hydrogen-bond donors (Lipinski definition) is 0. The number of hydrogen-bond acceptors (Lipinski definition) is 4. The third-order valence-corrected chi connectivity index (χ3v) is 3.86. The van der Waals surface area contributed by atoms with Gasteiger partial charge in [-0.1, -0.05) is 30.3 Å². The van der Waals surface area contributed by atoms with E-state index < -0.39 is 11.3 Å². The van der Waals surface area contributed by atoms with Crippen molar-refractivity contribution in [2.45, 2.75) is 13.8 Å². The van der Waals surface area contributed by atoms with Crippen LogP contribution in [0.15, 0.2) is 65.3 Å². The molecule has 0 radical (unpaired) electrons. The van der Waals surface area contributed by atoms with E-state index in [1.165, 1.54) is 0 Å². The van der Waals surface area contributed by atoms with Crippen LogP contribution in [0, 0.1) is 13.8 Å². The summed E-state index contributed by atoms with van der Waals surface area (Å²) in [7, 11) is 0. The van der Waals surface area contributed by atoms with Crippen LogP contribution in [0.5, 0.6) is 0 Å². The molecule has 4 rings (SSSR count). The van der Waals surface area contributed by atoms with Crippen LogP contribution in [0.25, 0.3) is 33.1 Å². The zero-order valence-electron chi connectivity index (χ0n) is 13.1. The maximum Gasteiger partial charge on any atom is 0.372 e. The Bertz CT molecular complexity index is 1130. The molecule has 0 spiro atoms. The predicted molar refractivity (Wildman–Crippen MR) is 90.1 cm³/mol. The minimum atomic E-state index is -0.547. The first-order valence-corrected chi connectivity index (χ1v) is 7.45. The SMILES string of the molecule is Cc1cc2[o+]c3cc(C)oc(=O)c3c(-c3ccccc3)c2c(=O)o1. The summed E-state index contributed by atoms with van der Waals surface area (Å²) in [6.45, 7) is 3.35. The fourth-order valence-electron chi connectivity index (χ4n) is 2.92. The Balaban J connectivity index is 2.35. The first-order chi connectivity index (χ1) is 11.5. The highest BCUT2D eigenvalue weighted by molar-refractivity contribution is 6.06. The van der Waals surface area contributed by atoms with Gasteiger partial charge in [-0.25, -0.2) is 14.0 Å². The van der Waals surface area contributed by atoms with E-state index in [1.54, 1.807) is 26.0 Å². The third kappa shape index (κ3) is 2.13. The Hall–Kier alpha value is -3.21. The average Bonchev–Trinajstić information content (AvgIpc) is 2.53. The van der Waals surface area contributed by atoms with E-state index in [0.717, 1.165) is 5.56 Å². The summed E-state index contributed by atoms with van der Waals surface area (Å²) in [5.41, 5.74) is 0.842. The van der Waals surface area contributed by atoms with Gasteiger partial charge in [0.2, 0.25) is 0 Å². The topological polar surface area (TPSA) is 71.7 Å². The van der Waals surface area contributed by atoms with Gasteiger partial charge in [0.25, 0.3) is 0 Å². The maximum atomic E-state index is 12.5. The third-order valence-electron chi connectivity index (χ3n) is 3.86. The zero-order chi connectivity index (χ0) is 16.8. The van der Waals surface area contributed by atoms with Gasteiger partial charge in [-0.05, 0) is 19.4 Å². The van der Waals surface area contributed by atoms with Crippen LogP contribution >= 0.6 is 0 Å². The first kappa shape index (κ1) is 14.4. The molecule has 118 valence electrons. The van der Waals surface area contributed by atoms with E-state index >= 15 is 0 Å². The molecule has 0 aliphatic rings. The van der Waals surface area contributed by atoms with Crippen molar-refractivity contribution in [1.82, 2.24) is 0 Å². The fraction of sp³-hybridized carbons (Fsp3) is 0.105. The number of fused-ring (bicyclic) bond motifs is 2. The summed E-state index contributed by atoms with van der Waals surface area (Å²) in [5, 5.41) is 0.464. The number of benzene rings is 1. The standard InChI is InChI=1S/C19H13O5/c1-10-8-13-16(18(20)22-10)15(12-6-4-3-5-7-12)17-14(24-13)9-11(2)23-19(17)21/h3-9H,1-2H3/q+1. The highest BCUT2D eigenvalue weighted by atomic mass is 16.4. The van der Waals surface area contributed by atoms with Gasteiger partial charge in [0.15, 0.2) is 10.8 Å². The largest absolute Gasteiger partial charge is 0.427 e. The molecule has 0 atom stereocenters. The Morgan fingerprint density at radius 2 is 1.29 bits per heavy atom. The molecule has 0 aliphatic carbocycles. The molecule has 0 unspecified atom stereocenters. The molecule has 4 aromatic rings. The van der Waals surface area contributed by atoms with Crippen LogP contribution in [0.1, 0.15) is 11.5 Å². The Kier molecular flexibility index (Phi) is 3.09. The second kappa shape index (κ2) is 5.16. The van der Waals surface area contributed by atoms with Crippen molar-refractivity contribution in [2.24, 2.45) is 0 Å². The van der Waals surface area contributed by atoms with Crippen LogP contribution in [0.3, 0.4) is 0 Å². The van der Waals surface area contributed by atoms with Gasteiger partial charge in [0, 0.05) is 5.56 Å². The van der Waals surface area contributed by atoms with Gasteiger partial charge < -0.3 is 8.83 Å². The van der Waals surface area contributed by atoms with Gasteiger partial charge in [0.05, 0.1) is 12.1 Å². The molecule has 3 aromatic heterocycles. The molecule has 5 heteroatoms. The van der Waals surface area contributed by atoms with E-state index in [9.17, 15) is 9.59 Å². The summed E-state index contributed by atoms with van der Waals surface area (Å²) < 4.78 is 16.2. The summed E-state index contributed by atoms with van der Waals surface area (Å²) in [6.07, 6.45) is 0. The number of aryl methyl sites for hydroxylation is 2. The molecule has 3 heterocycles. The van der Waals surface area contributed by atoms with Crippen molar-refractivity contribution in [3.63, 3.8) is 0 Å². The molecule has 0 aliphatic heterocycles. The average molecular weight is 321 g/mol. The minimum Gasteiger partial charge on any atom is -0.427 e. The van der Waals surface area contributed by atoms with E-state index in [2.05, 4.69) is 0 Å². The second-order valence-corrected chi connectivity index (χ2v) is 5.61. The molecular weight excluding hydrogens is 308 g/mol. The molecular formula is C19H13O5+. The van der Waals surface area contributed by atoms with Gasteiger partial charge >= 0.3 is 22.4 Å². The summed E-state index contributed by atoms with van der Waals surface area (Å²) >= 11 is 0. The molecule has 0 fully saturated rings. The summed E-state index contributed by atoms with van der Waals surface area (Å²) in [6, 6.07) is 12.5. The summed E-state index contributed by atoms with van der Waals surface area (Å²) in [4.78, 5) is 24.9. The lowest BCUT2D eigenvalue weighted by atomic mass is 9.99. The van der Waals surface area contributed by atoms with Crippen LogP contribution in [-0.4, -0.2) is 0 Å². The van der Waals surface area contributed by atoms with Gasteiger partial charge in [0.1, 0.15) is 11.5 Å². The van der Waals surface area contributed by atoms with Crippen molar-refractivity contribution in [2.75, 3.05) is 0 Å². The van der Waals surface area contributed by atoms with Crippen molar-refractivity contribution >= 4 is 21.9 Å². The molecule has 5 nitrogen and oxygen atoms in total. The lowest BCUT2D eigenvalue weighted by Crippen LogP contribution is -2.08. The van der Waals surface area contributed by atoms with Crippen molar-refractivity contribution in [3.8, 4) is 11.1 Å². The van der Waals surface area contributed by atoms with E-state index in [4.69, 9.17) is 13.3 Å². The van der Waals surface area contributed by atoms with E-state index in [1.807, 2.05) is 30.3 Å². The normalized spacial score (nSPS) is 11.2. The zero-order valence-corrected chi connectivity index (χ0v) is 13.1. The molecule has 0 N–H and O–H groups in total. The Morgan fingerprint density at radius 3 is 1.79 bits per heavy atom. The van der Waals surface area contributed by atoms with Crippen LogP contribution in [-0.2, 0) is 0 Å². The van der Waals surface area contributed by atoms with E-state index in [-0.39, 0.29) is 10.8 Å². The Labute approximate surface area is 135 Å². The smallest absolute Gasteiger partial charge is 0.372 e. The van der Waals surface area contributed by atoms with Gasteiger partial charge in [-0.15, -0.1) is 0 Å². The maximum absolute atomic E-state index is 12.5. The van der Waals surface area contributed by atoms with Crippen LogP contribution < -0.4 is 11.3 Å². The highest BCUT2D eigenvalue weighted by Gasteiger charge is 2.27. The van der Waals surface area contributed by atoms with Crippen molar-refractivity contribution < 1.29 is 13.3 Å². The molecule has 0 saturated carbocycles. The molecule has 24 heavy (non-hydrogen) atoms. The van der Waals surface area contributed by atoms with Gasteiger partial charge in [-0.2, -0.15) is 0 Å². The van der Waals surface area contributed by atoms with Crippen LogP contribution in [0.4, 0.5) is 0 Å².